The van der Waals surface area contributed by atoms with Crippen molar-refractivity contribution in [3.63, 3.8) is 0 Å². The molecular formula is C18H28N2O4S. The predicted molar refractivity (Wildman–Crippen MR) is 98.1 cm³/mol. The summed E-state index contributed by atoms with van der Waals surface area (Å²) in [6.45, 7) is 4.49. The van der Waals surface area contributed by atoms with Gasteiger partial charge in [-0.3, -0.25) is 4.79 Å². The van der Waals surface area contributed by atoms with Crippen molar-refractivity contribution in [3.05, 3.63) is 29.8 Å². The molecule has 1 aliphatic rings. The van der Waals surface area contributed by atoms with Gasteiger partial charge in [0.1, 0.15) is 5.75 Å². The van der Waals surface area contributed by atoms with Gasteiger partial charge in [0.25, 0.3) is 0 Å². The van der Waals surface area contributed by atoms with Crippen molar-refractivity contribution in [2.45, 2.75) is 39.2 Å². The number of nitrogens with one attached hydrogen (secondary N) is 1. The van der Waals surface area contributed by atoms with E-state index >= 15 is 0 Å². The lowest BCUT2D eigenvalue weighted by molar-refractivity contribution is -0.126. The van der Waals surface area contributed by atoms with Crippen LogP contribution in [0.25, 0.3) is 0 Å². The second kappa shape index (κ2) is 8.67. The van der Waals surface area contributed by atoms with E-state index in [0.717, 1.165) is 17.7 Å². The van der Waals surface area contributed by atoms with Crippen LogP contribution in [0.5, 0.6) is 5.75 Å². The molecule has 0 bridgehead atoms. The maximum absolute atomic E-state index is 12.4. The minimum absolute atomic E-state index is 0.0111. The van der Waals surface area contributed by atoms with Crippen LogP contribution in [-0.4, -0.2) is 50.6 Å². The van der Waals surface area contributed by atoms with Crippen LogP contribution in [0, 0.1) is 5.92 Å². The van der Waals surface area contributed by atoms with E-state index in [1.165, 1.54) is 4.31 Å². The van der Waals surface area contributed by atoms with E-state index in [-0.39, 0.29) is 23.6 Å². The van der Waals surface area contributed by atoms with E-state index < -0.39 is 10.0 Å². The molecule has 2 rings (SSSR count). The molecule has 25 heavy (non-hydrogen) atoms. The van der Waals surface area contributed by atoms with Gasteiger partial charge >= 0.3 is 0 Å². The van der Waals surface area contributed by atoms with Crippen LogP contribution in [0.1, 0.15) is 32.3 Å². The SMILES string of the molecule is CCS(=O)(=O)N1CCC(C(=O)NC(C)Cc2cccc(OC)c2)CC1. The first-order chi connectivity index (χ1) is 11.9. The first-order valence-corrected chi connectivity index (χ1v) is 10.4. The van der Waals surface area contributed by atoms with Crippen molar-refractivity contribution in [2.24, 2.45) is 5.92 Å². The van der Waals surface area contributed by atoms with E-state index in [1.54, 1.807) is 14.0 Å². The molecule has 6 nitrogen and oxygen atoms in total. The summed E-state index contributed by atoms with van der Waals surface area (Å²) in [5, 5.41) is 3.06. The number of sulfonamides is 1. The van der Waals surface area contributed by atoms with E-state index in [4.69, 9.17) is 4.74 Å². The van der Waals surface area contributed by atoms with Gasteiger partial charge in [-0.2, -0.15) is 0 Å². The standard InChI is InChI=1S/C18H28N2O4S/c1-4-25(22,23)20-10-8-16(9-11-20)18(21)19-14(2)12-15-6-5-7-17(13-15)24-3/h5-7,13-14,16H,4,8-12H2,1-3H3,(H,19,21). The molecule has 0 aromatic heterocycles. The monoisotopic (exact) mass is 368 g/mol. The van der Waals surface area contributed by atoms with Crippen LogP contribution in [-0.2, 0) is 21.2 Å². The number of nitrogens with zero attached hydrogens (tertiary/aromatic N) is 1. The first-order valence-electron chi connectivity index (χ1n) is 8.77. The minimum atomic E-state index is -3.15. The molecule has 1 amide bonds. The summed E-state index contributed by atoms with van der Waals surface area (Å²) in [6.07, 6.45) is 1.89. The molecule has 0 aliphatic carbocycles. The van der Waals surface area contributed by atoms with Crippen LogP contribution >= 0.6 is 0 Å². The van der Waals surface area contributed by atoms with Gasteiger partial charge in [0.05, 0.1) is 12.9 Å². The largest absolute Gasteiger partial charge is 0.497 e. The Hall–Kier alpha value is -1.60. The Balaban J connectivity index is 1.83. The van der Waals surface area contributed by atoms with Gasteiger partial charge in [0.15, 0.2) is 0 Å². The van der Waals surface area contributed by atoms with Crippen molar-refractivity contribution >= 4 is 15.9 Å². The highest BCUT2D eigenvalue weighted by molar-refractivity contribution is 7.89. The normalized spacial score (nSPS) is 17.9. The molecule has 1 heterocycles. The quantitative estimate of drug-likeness (QED) is 0.796. The Kier molecular flexibility index (Phi) is 6.84. The highest BCUT2D eigenvalue weighted by Crippen LogP contribution is 2.20. The minimum Gasteiger partial charge on any atom is -0.497 e. The number of hydrogen-bond donors (Lipinski definition) is 1. The number of benzene rings is 1. The molecule has 0 saturated carbocycles. The average Bonchev–Trinajstić information content (AvgIpc) is 2.61. The summed E-state index contributed by atoms with van der Waals surface area (Å²) in [4.78, 5) is 12.4. The Morgan fingerprint density at radius 1 is 1.36 bits per heavy atom. The molecule has 1 aromatic carbocycles. The fourth-order valence-corrected chi connectivity index (χ4v) is 4.28. The van der Waals surface area contributed by atoms with Crippen molar-refractivity contribution < 1.29 is 17.9 Å². The first kappa shape index (κ1) is 19.7. The van der Waals surface area contributed by atoms with Crippen molar-refractivity contribution in [2.75, 3.05) is 26.0 Å². The number of methoxy groups -OCH3 is 1. The fraction of sp³-hybridized carbons (Fsp3) is 0.611. The third-order valence-corrected chi connectivity index (χ3v) is 6.53. The van der Waals surface area contributed by atoms with Gasteiger partial charge in [-0.15, -0.1) is 0 Å². The highest BCUT2D eigenvalue weighted by Gasteiger charge is 2.30. The number of ether oxygens (including phenoxy) is 1. The lowest BCUT2D eigenvalue weighted by Crippen LogP contribution is -2.45. The summed E-state index contributed by atoms with van der Waals surface area (Å²) in [6, 6.07) is 7.82. The predicted octanol–water partition coefficient (Wildman–Crippen LogP) is 1.80. The van der Waals surface area contributed by atoms with E-state index in [9.17, 15) is 13.2 Å². The van der Waals surface area contributed by atoms with Crippen LogP contribution in [0.15, 0.2) is 24.3 Å². The summed E-state index contributed by atoms with van der Waals surface area (Å²) in [5.74, 6) is 0.821. The number of carbonyl (C=O) groups excluding carboxylic acids is 1. The van der Waals surface area contributed by atoms with Crippen molar-refractivity contribution in [1.29, 1.82) is 0 Å². The Morgan fingerprint density at radius 3 is 2.64 bits per heavy atom. The van der Waals surface area contributed by atoms with Gasteiger partial charge in [0.2, 0.25) is 15.9 Å². The van der Waals surface area contributed by atoms with Gasteiger partial charge in [-0.05, 0) is 50.8 Å². The van der Waals surface area contributed by atoms with Crippen LogP contribution < -0.4 is 10.1 Å². The number of carbonyl (C=O) groups is 1. The maximum atomic E-state index is 12.4. The zero-order valence-corrected chi connectivity index (χ0v) is 16.0. The third-order valence-electron chi connectivity index (χ3n) is 4.65. The van der Waals surface area contributed by atoms with Gasteiger partial charge in [-0.1, -0.05) is 12.1 Å². The fourth-order valence-electron chi connectivity index (χ4n) is 3.14. The van der Waals surface area contributed by atoms with Crippen LogP contribution in [0.3, 0.4) is 0 Å². The Labute approximate surface area is 150 Å². The maximum Gasteiger partial charge on any atom is 0.223 e. The van der Waals surface area contributed by atoms with Crippen LogP contribution in [0.4, 0.5) is 0 Å². The summed E-state index contributed by atoms with van der Waals surface area (Å²) in [7, 11) is -1.52. The van der Waals surface area contributed by atoms with Crippen molar-refractivity contribution in [3.8, 4) is 5.75 Å². The molecule has 1 saturated heterocycles. The number of piperidine rings is 1. The van der Waals surface area contributed by atoms with E-state index in [0.29, 0.717) is 25.9 Å². The van der Waals surface area contributed by atoms with Gasteiger partial charge in [0, 0.05) is 25.0 Å². The second-order valence-electron chi connectivity index (χ2n) is 6.54. The van der Waals surface area contributed by atoms with Gasteiger partial charge in [-0.25, -0.2) is 12.7 Å². The molecule has 0 radical (unpaired) electrons. The molecule has 1 N–H and O–H groups in total. The molecule has 1 fully saturated rings. The van der Waals surface area contributed by atoms with E-state index in [2.05, 4.69) is 5.32 Å². The van der Waals surface area contributed by atoms with Crippen molar-refractivity contribution in [1.82, 2.24) is 9.62 Å². The number of hydrogen-bond acceptors (Lipinski definition) is 4. The molecule has 0 spiro atoms. The summed E-state index contributed by atoms with van der Waals surface area (Å²) < 4.78 is 30.5. The molecular weight excluding hydrogens is 340 g/mol. The topological polar surface area (TPSA) is 75.7 Å². The molecule has 1 atom stereocenters. The van der Waals surface area contributed by atoms with Crippen LogP contribution in [0.2, 0.25) is 0 Å². The number of rotatable bonds is 7. The summed E-state index contributed by atoms with van der Waals surface area (Å²) >= 11 is 0. The van der Waals surface area contributed by atoms with E-state index in [1.807, 2.05) is 31.2 Å². The molecule has 1 aromatic rings. The zero-order chi connectivity index (χ0) is 18.4. The summed E-state index contributed by atoms with van der Waals surface area (Å²) in [5.41, 5.74) is 1.11. The zero-order valence-electron chi connectivity index (χ0n) is 15.2. The molecule has 1 aliphatic heterocycles. The Morgan fingerprint density at radius 2 is 2.04 bits per heavy atom. The lowest BCUT2D eigenvalue weighted by atomic mass is 9.96. The number of amides is 1. The average molecular weight is 368 g/mol. The third kappa shape index (κ3) is 5.44. The Bertz CT molecular complexity index is 682. The lowest BCUT2D eigenvalue weighted by Gasteiger charge is -2.30. The highest BCUT2D eigenvalue weighted by atomic mass is 32.2. The molecule has 140 valence electrons. The van der Waals surface area contributed by atoms with Gasteiger partial charge < -0.3 is 10.1 Å². The molecule has 1 unspecified atom stereocenters. The smallest absolute Gasteiger partial charge is 0.223 e. The molecule has 7 heteroatoms. The second-order valence-corrected chi connectivity index (χ2v) is 8.80.